The molecule has 1 fully saturated rings. The lowest BCUT2D eigenvalue weighted by Gasteiger charge is -2.37. The van der Waals surface area contributed by atoms with Crippen LogP contribution in [0.5, 0.6) is 0 Å². The molecule has 0 aromatic carbocycles. The van der Waals surface area contributed by atoms with E-state index in [-0.39, 0.29) is 5.38 Å². The predicted octanol–water partition coefficient (Wildman–Crippen LogP) is 2.84. The predicted molar refractivity (Wildman–Crippen MR) is 65.4 cm³/mol. The largest absolute Gasteiger partial charge is 0.351 e. The van der Waals surface area contributed by atoms with Gasteiger partial charge in [0.15, 0.2) is 0 Å². The first-order valence-corrected chi connectivity index (χ1v) is 6.27. The maximum Gasteiger partial charge on any atom is 0.146 e. The minimum atomic E-state index is 0.225. The molecule has 0 radical (unpaired) electrons. The Hall–Kier alpha value is -0.350. The summed E-state index contributed by atoms with van der Waals surface area (Å²) in [5.41, 5.74) is 0. The van der Waals surface area contributed by atoms with Gasteiger partial charge in [-0.15, -0.1) is 11.6 Å². The van der Waals surface area contributed by atoms with Crippen LogP contribution in [0, 0.1) is 0 Å². The lowest BCUT2D eigenvalue weighted by Crippen LogP contribution is -2.43. The molecule has 1 aliphatic rings. The third-order valence-electron chi connectivity index (χ3n) is 2.74. The van der Waals surface area contributed by atoms with E-state index in [0.717, 1.165) is 29.7 Å². The Labute approximate surface area is 103 Å². The Bertz CT molecular complexity index is 347. The molecule has 5 heteroatoms. The zero-order chi connectivity index (χ0) is 10.8. The third kappa shape index (κ3) is 2.42. The molecule has 2 unspecified atom stereocenters. The van der Waals surface area contributed by atoms with Crippen molar-refractivity contribution in [1.82, 2.24) is 9.97 Å². The summed E-state index contributed by atoms with van der Waals surface area (Å²) in [7, 11) is 0. The number of hydrogen-bond acceptors (Lipinski definition) is 3. The lowest BCUT2D eigenvalue weighted by molar-refractivity contribution is 0.485. The van der Waals surface area contributed by atoms with Gasteiger partial charge in [0.1, 0.15) is 12.1 Å². The van der Waals surface area contributed by atoms with Gasteiger partial charge < -0.3 is 4.90 Å². The summed E-state index contributed by atoms with van der Waals surface area (Å²) in [6, 6.07) is 0.492. The number of nitrogens with zero attached hydrogens (tertiary/aromatic N) is 3. The molecule has 3 nitrogen and oxygen atoms in total. The first kappa shape index (κ1) is 11.1. The van der Waals surface area contributed by atoms with Gasteiger partial charge in [0.2, 0.25) is 0 Å². The SMILES string of the molecule is CC1CCC(Cl)CN1c1ncncc1Br. The fourth-order valence-electron chi connectivity index (χ4n) is 1.88. The van der Waals surface area contributed by atoms with Crippen molar-refractivity contribution in [3.8, 4) is 0 Å². The Morgan fingerprint density at radius 1 is 1.53 bits per heavy atom. The van der Waals surface area contributed by atoms with Crippen LogP contribution in [-0.4, -0.2) is 27.9 Å². The summed E-state index contributed by atoms with van der Waals surface area (Å²) in [5.74, 6) is 0.947. The van der Waals surface area contributed by atoms with Crippen molar-refractivity contribution in [3.05, 3.63) is 17.0 Å². The number of alkyl halides is 1. The Morgan fingerprint density at radius 2 is 2.33 bits per heavy atom. The Balaban J connectivity index is 2.25. The van der Waals surface area contributed by atoms with Crippen LogP contribution >= 0.6 is 27.5 Å². The molecule has 0 bridgehead atoms. The Kier molecular flexibility index (Phi) is 3.46. The number of hydrogen-bond donors (Lipinski definition) is 0. The normalized spacial score (nSPS) is 26.7. The van der Waals surface area contributed by atoms with Crippen molar-refractivity contribution in [2.24, 2.45) is 0 Å². The van der Waals surface area contributed by atoms with Crippen LogP contribution in [0.4, 0.5) is 5.82 Å². The Morgan fingerprint density at radius 3 is 3.07 bits per heavy atom. The molecule has 2 atom stereocenters. The summed E-state index contributed by atoms with van der Waals surface area (Å²) in [5, 5.41) is 0.225. The summed E-state index contributed by atoms with van der Waals surface area (Å²) in [4.78, 5) is 10.5. The molecule has 0 amide bonds. The summed E-state index contributed by atoms with van der Waals surface area (Å²) in [6.07, 6.45) is 5.55. The van der Waals surface area contributed by atoms with E-state index in [0.29, 0.717) is 6.04 Å². The zero-order valence-electron chi connectivity index (χ0n) is 8.53. The highest BCUT2D eigenvalue weighted by molar-refractivity contribution is 9.10. The van der Waals surface area contributed by atoms with E-state index in [9.17, 15) is 0 Å². The summed E-state index contributed by atoms with van der Waals surface area (Å²) in [6.45, 7) is 3.07. The molecule has 1 aromatic heterocycles. The summed E-state index contributed by atoms with van der Waals surface area (Å²) < 4.78 is 0.933. The van der Waals surface area contributed by atoms with Crippen LogP contribution in [0.25, 0.3) is 0 Å². The molecular formula is C10H13BrClN3. The molecule has 1 saturated heterocycles. The maximum absolute atomic E-state index is 6.18. The fraction of sp³-hybridized carbons (Fsp3) is 0.600. The van der Waals surface area contributed by atoms with Gasteiger partial charge in [-0.1, -0.05) is 0 Å². The van der Waals surface area contributed by atoms with Crippen molar-refractivity contribution < 1.29 is 0 Å². The molecule has 0 saturated carbocycles. The van der Waals surface area contributed by atoms with Crippen molar-refractivity contribution in [2.75, 3.05) is 11.4 Å². The van der Waals surface area contributed by atoms with Crippen LogP contribution in [0.2, 0.25) is 0 Å². The monoisotopic (exact) mass is 289 g/mol. The van der Waals surface area contributed by atoms with E-state index in [2.05, 4.69) is 37.7 Å². The van der Waals surface area contributed by atoms with E-state index in [4.69, 9.17) is 11.6 Å². The maximum atomic E-state index is 6.18. The third-order valence-corrected chi connectivity index (χ3v) is 3.66. The smallest absolute Gasteiger partial charge is 0.146 e. The number of rotatable bonds is 1. The van der Waals surface area contributed by atoms with Gasteiger partial charge in [-0.3, -0.25) is 0 Å². The second-order valence-electron chi connectivity index (χ2n) is 3.87. The van der Waals surface area contributed by atoms with Crippen LogP contribution in [0.15, 0.2) is 17.0 Å². The second-order valence-corrected chi connectivity index (χ2v) is 5.34. The number of anilines is 1. The van der Waals surface area contributed by atoms with Crippen LogP contribution < -0.4 is 4.90 Å². The van der Waals surface area contributed by atoms with Crippen molar-refractivity contribution in [1.29, 1.82) is 0 Å². The van der Waals surface area contributed by atoms with Crippen LogP contribution in [0.3, 0.4) is 0 Å². The number of piperidine rings is 1. The molecule has 15 heavy (non-hydrogen) atoms. The van der Waals surface area contributed by atoms with Gasteiger partial charge in [0, 0.05) is 18.8 Å². The molecule has 1 aliphatic heterocycles. The molecule has 1 aromatic rings. The van der Waals surface area contributed by atoms with E-state index < -0.39 is 0 Å². The topological polar surface area (TPSA) is 29.0 Å². The van der Waals surface area contributed by atoms with Gasteiger partial charge in [-0.2, -0.15) is 0 Å². The van der Waals surface area contributed by atoms with Crippen LogP contribution in [-0.2, 0) is 0 Å². The first-order chi connectivity index (χ1) is 7.18. The molecule has 0 aliphatic carbocycles. The first-order valence-electron chi connectivity index (χ1n) is 5.04. The number of halogens is 2. The highest BCUT2D eigenvalue weighted by atomic mass is 79.9. The minimum Gasteiger partial charge on any atom is -0.351 e. The van der Waals surface area contributed by atoms with Crippen molar-refractivity contribution in [2.45, 2.75) is 31.2 Å². The standard InChI is InChI=1S/C10H13BrClN3/c1-7-2-3-8(12)5-15(7)10-9(11)4-13-6-14-10/h4,6-8H,2-3,5H2,1H3. The van der Waals surface area contributed by atoms with E-state index in [1.165, 1.54) is 0 Å². The van der Waals surface area contributed by atoms with E-state index >= 15 is 0 Å². The fourth-order valence-corrected chi connectivity index (χ4v) is 2.60. The van der Waals surface area contributed by atoms with Crippen molar-refractivity contribution >= 4 is 33.3 Å². The second kappa shape index (κ2) is 4.66. The highest BCUT2D eigenvalue weighted by Crippen LogP contribution is 2.29. The summed E-state index contributed by atoms with van der Waals surface area (Å²) >= 11 is 9.65. The lowest BCUT2D eigenvalue weighted by atomic mass is 10.0. The zero-order valence-corrected chi connectivity index (χ0v) is 10.9. The molecular weight excluding hydrogens is 277 g/mol. The van der Waals surface area contributed by atoms with Gasteiger partial charge in [0.05, 0.1) is 9.85 Å². The van der Waals surface area contributed by atoms with Gasteiger partial charge >= 0.3 is 0 Å². The van der Waals surface area contributed by atoms with Crippen LogP contribution in [0.1, 0.15) is 19.8 Å². The van der Waals surface area contributed by atoms with E-state index in [1.807, 2.05) is 0 Å². The van der Waals surface area contributed by atoms with Gasteiger partial charge in [-0.25, -0.2) is 9.97 Å². The highest BCUT2D eigenvalue weighted by Gasteiger charge is 2.26. The van der Waals surface area contributed by atoms with Gasteiger partial charge in [-0.05, 0) is 35.7 Å². The molecule has 2 heterocycles. The van der Waals surface area contributed by atoms with Gasteiger partial charge in [0.25, 0.3) is 0 Å². The minimum absolute atomic E-state index is 0.225. The van der Waals surface area contributed by atoms with E-state index in [1.54, 1.807) is 12.5 Å². The molecule has 2 rings (SSSR count). The molecule has 0 spiro atoms. The number of aromatic nitrogens is 2. The molecule has 0 N–H and O–H groups in total. The quantitative estimate of drug-likeness (QED) is 0.745. The molecule has 82 valence electrons. The average Bonchev–Trinajstić information content (AvgIpc) is 2.23. The average molecular weight is 291 g/mol. The van der Waals surface area contributed by atoms with Crippen molar-refractivity contribution in [3.63, 3.8) is 0 Å².